The lowest BCUT2D eigenvalue weighted by Crippen LogP contribution is -2.43. The van der Waals surface area contributed by atoms with Gasteiger partial charge in [-0.2, -0.15) is 0 Å². The summed E-state index contributed by atoms with van der Waals surface area (Å²) in [7, 11) is 0. The van der Waals surface area contributed by atoms with Gasteiger partial charge in [-0.1, -0.05) is 6.92 Å². The van der Waals surface area contributed by atoms with E-state index in [-0.39, 0.29) is 6.10 Å². The van der Waals surface area contributed by atoms with Crippen LogP contribution in [0.15, 0.2) is 0 Å². The number of aromatic nitrogens is 2. The Kier molecular flexibility index (Phi) is 4.42. The van der Waals surface area contributed by atoms with Crippen molar-refractivity contribution in [3.8, 4) is 0 Å². The van der Waals surface area contributed by atoms with Gasteiger partial charge in [-0.05, 0) is 13.8 Å². The number of ether oxygens (including phenoxy) is 1. The number of hydrazine groups is 1. The second kappa shape index (κ2) is 5.90. The average molecular weight is 281 g/mol. The molecule has 1 aliphatic heterocycles. The van der Waals surface area contributed by atoms with Gasteiger partial charge in [0.1, 0.15) is 23.1 Å². The third-order valence-corrected chi connectivity index (χ3v) is 3.87. The molecule has 1 fully saturated rings. The summed E-state index contributed by atoms with van der Waals surface area (Å²) in [5, 5.41) is 13.7. The molecule has 2 heterocycles. The molecule has 0 radical (unpaired) electrons. The Bertz CT molecular complexity index is 482. The number of rotatable bonds is 5. The van der Waals surface area contributed by atoms with Crippen molar-refractivity contribution >= 4 is 11.6 Å². The number of aliphatic hydroxyl groups is 1. The van der Waals surface area contributed by atoms with E-state index in [4.69, 9.17) is 10.6 Å². The molecular formula is C13H23N5O2. The minimum absolute atomic E-state index is 0.185. The van der Waals surface area contributed by atoms with E-state index in [2.05, 4.69) is 20.7 Å². The fourth-order valence-corrected chi connectivity index (χ4v) is 2.27. The van der Waals surface area contributed by atoms with E-state index in [1.165, 1.54) is 0 Å². The number of nitrogens with one attached hydrogen (secondary N) is 2. The maximum absolute atomic E-state index is 10.5. The average Bonchev–Trinajstić information content (AvgIpc) is 2.78. The molecule has 1 saturated heterocycles. The molecule has 0 aliphatic carbocycles. The molecule has 20 heavy (non-hydrogen) atoms. The van der Waals surface area contributed by atoms with E-state index in [0.717, 1.165) is 5.56 Å². The smallest absolute Gasteiger partial charge is 0.148 e. The lowest BCUT2D eigenvalue weighted by Gasteiger charge is -2.27. The molecule has 0 saturated carbocycles. The van der Waals surface area contributed by atoms with Gasteiger partial charge in [-0.3, -0.25) is 0 Å². The van der Waals surface area contributed by atoms with Gasteiger partial charge in [-0.25, -0.2) is 15.8 Å². The second-order valence-corrected chi connectivity index (χ2v) is 5.18. The topological polar surface area (TPSA) is 105 Å². The Morgan fingerprint density at radius 1 is 1.45 bits per heavy atom. The van der Waals surface area contributed by atoms with Gasteiger partial charge in [0, 0.05) is 31.6 Å². The normalized spacial score (nSPS) is 25.8. The van der Waals surface area contributed by atoms with Gasteiger partial charge in [0.25, 0.3) is 0 Å². The highest BCUT2D eigenvalue weighted by Crippen LogP contribution is 2.27. The SMILES string of the molecule is CCc1nc(NN)c(C)c(NCC2(O)CCOC2C)n1. The summed E-state index contributed by atoms with van der Waals surface area (Å²) in [5.74, 6) is 7.47. The summed E-state index contributed by atoms with van der Waals surface area (Å²) < 4.78 is 5.42. The largest absolute Gasteiger partial charge is 0.385 e. The van der Waals surface area contributed by atoms with Gasteiger partial charge in [0.2, 0.25) is 0 Å². The van der Waals surface area contributed by atoms with Crippen molar-refractivity contribution in [2.24, 2.45) is 5.84 Å². The third kappa shape index (κ3) is 2.84. The first-order chi connectivity index (χ1) is 9.50. The van der Waals surface area contributed by atoms with Crippen molar-refractivity contribution in [3.63, 3.8) is 0 Å². The molecular weight excluding hydrogens is 258 g/mol. The van der Waals surface area contributed by atoms with E-state index in [1.807, 2.05) is 20.8 Å². The zero-order chi connectivity index (χ0) is 14.8. The summed E-state index contributed by atoms with van der Waals surface area (Å²) in [5.41, 5.74) is 2.55. The standard InChI is InChI=1S/C13H23N5O2/c1-4-10-16-11(8(2)12(17-10)18-14)15-7-13(19)5-6-20-9(13)3/h9,19H,4-7,14H2,1-3H3,(H2,15,16,17,18). The number of nitrogens with two attached hydrogens (primary N) is 1. The molecule has 7 nitrogen and oxygen atoms in total. The highest BCUT2D eigenvalue weighted by molar-refractivity contribution is 5.56. The second-order valence-electron chi connectivity index (χ2n) is 5.18. The predicted octanol–water partition coefficient (Wildman–Crippen LogP) is 0.585. The maximum atomic E-state index is 10.5. The van der Waals surface area contributed by atoms with Crippen molar-refractivity contribution < 1.29 is 9.84 Å². The summed E-state index contributed by atoms with van der Waals surface area (Å²) in [6.07, 6.45) is 1.15. The van der Waals surface area contributed by atoms with Crippen molar-refractivity contribution in [1.29, 1.82) is 0 Å². The van der Waals surface area contributed by atoms with Crippen LogP contribution in [0.2, 0.25) is 0 Å². The minimum atomic E-state index is -0.861. The molecule has 1 aliphatic rings. The first-order valence-electron chi connectivity index (χ1n) is 6.92. The lowest BCUT2D eigenvalue weighted by molar-refractivity contribution is -0.0176. The Balaban J connectivity index is 2.16. The number of hydrogen-bond donors (Lipinski definition) is 4. The number of nitrogens with zero attached hydrogens (tertiary/aromatic N) is 2. The van der Waals surface area contributed by atoms with Crippen LogP contribution in [0.25, 0.3) is 0 Å². The van der Waals surface area contributed by atoms with Crippen LogP contribution in [0.4, 0.5) is 11.6 Å². The minimum Gasteiger partial charge on any atom is -0.385 e. The quantitative estimate of drug-likeness (QED) is 0.462. The maximum Gasteiger partial charge on any atom is 0.148 e. The van der Waals surface area contributed by atoms with Gasteiger partial charge in [0.15, 0.2) is 0 Å². The molecule has 2 unspecified atom stereocenters. The lowest BCUT2D eigenvalue weighted by atomic mass is 9.97. The summed E-state index contributed by atoms with van der Waals surface area (Å²) in [6.45, 7) is 6.72. The van der Waals surface area contributed by atoms with E-state index in [9.17, 15) is 5.11 Å². The molecule has 7 heteroatoms. The van der Waals surface area contributed by atoms with E-state index >= 15 is 0 Å². The molecule has 5 N–H and O–H groups in total. The Labute approximate surface area is 118 Å². The summed E-state index contributed by atoms with van der Waals surface area (Å²) in [4.78, 5) is 8.75. The monoisotopic (exact) mass is 281 g/mol. The number of hydrogen-bond acceptors (Lipinski definition) is 7. The van der Waals surface area contributed by atoms with Crippen molar-refractivity contribution in [3.05, 3.63) is 11.4 Å². The Morgan fingerprint density at radius 3 is 2.70 bits per heavy atom. The van der Waals surface area contributed by atoms with E-state index in [1.54, 1.807) is 0 Å². The zero-order valence-electron chi connectivity index (χ0n) is 12.2. The van der Waals surface area contributed by atoms with Crippen LogP contribution in [0.3, 0.4) is 0 Å². The van der Waals surface area contributed by atoms with Gasteiger partial charge in [-0.15, -0.1) is 0 Å². The van der Waals surface area contributed by atoms with Crippen LogP contribution in [0, 0.1) is 6.92 Å². The molecule has 2 rings (SSSR count). The van der Waals surface area contributed by atoms with Gasteiger partial charge < -0.3 is 20.6 Å². The zero-order valence-corrected chi connectivity index (χ0v) is 12.2. The van der Waals surface area contributed by atoms with Crippen LogP contribution in [0.5, 0.6) is 0 Å². The fraction of sp³-hybridized carbons (Fsp3) is 0.692. The number of anilines is 2. The van der Waals surface area contributed by atoms with Gasteiger partial charge in [0.05, 0.1) is 6.10 Å². The first-order valence-corrected chi connectivity index (χ1v) is 6.92. The van der Waals surface area contributed by atoms with E-state index < -0.39 is 5.60 Å². The summed E-state index contributed by atoms with van der Waals surface area (Å²) >= 11 is 0. The van der Waals surface area contributed by atoms with Crippen molar-refractivity contribution in [2.75, 3.05) is 23.9 Å². The molecule has 1 aromatic heterocycles. The van der Waals surface area contributed by atoms with Crippen LogP contribution < -0.4 is 16.6 Å². The highest BCUT2D eigenvalue weighted by Gasteiger charge is 2.39. The summed E-state index contributed by atoms with van der Waals surface area (Å²) in [6, 6.07) is 0. The molecule has 0 spiro atoms. The molecule has 1 aromatic rings. The Hall–Kier alpha value is -1.44. The van der Waals surface area contributed by atoms with Crippen LogP contribution >= 0.6 is 0 Å². The number of nitrogen functional groups attached to an aromatic ring is 1. The first kappa shape index (κ1) is 15.0. The van der Waals surface area contributed by atoms with Crippen LogP contribution in [0.1, 0.15) is 31.7 Å². The number of aryl methyl sites for hydroxylation is 1. The third-order valence-electron chi connectivity index (χ3n) is 3.87. The fourth-order valence-electron chi connectivity index (χ4n) is 2.27. The van der Waals surface area contributed by atoms with Crippen molar-refractivity contribution in [2.45, 2.75) is 45.3 Å². The van der Waals surface area contributed by atoms with Crippen molar-refractivity contribution in [1.82, 2.24) is 9.97 Å². The Morgan fingerprint density at radius 2 is 2.15 bits per heavy atom. The molecule has 112 valence electrons. The van der Waals surface area contributed by atoms with Crippen LogP contribution in [-0.2, 0) is 11.2 Å². The molecule has 0 aromatic carbocycles. The van der Waals surface area contributed by atoms with Gasteiger partial charge >= 0.3 is 0 Å². The molecule has 0 amide bonds. The molecule has 2 atom stereocenters. The highest BCUT2D eigenvalue weighted by atomic mass is 16.5. The van der Waals surface area contributed by atoms with Crippen LogP contribution in [-0.4, -0.2) is 39.9 Å². The predicted molar refractivity (Wildman–Crippen MR) is 77.4 cm³/mol. The molecule has 0 bridgehead atoms. The van der Waals surface area contributed by atoms with E-state index in [0.29, 0.717) is 43.5 Å².